The minimum absolute atomic E-state index is 0.0670. The third-order valence-corrected chi connectivity index (χ3v) is 5.01. The molecule has 10 heteroatoms. The molecule has 1 unspecified atom stereocenters. The molecule has 0 radical (unpaired) electrons. The number of carbonyl (C=O) groups excluding carboxylic acids is 1. The van der Waals surface area contributed by atoms with Gasteiger partial charge in [0.15, 0.2) is 0 Å². The molecule has 1 aliphatic rings. The highest BCUT2D eigenvalue weighted by atomic mass is 32.2. The summed E-state index contributed by atoms with van der Waals surface area (Å²) < 4.78 is 63.1. The van der Waals surface area contributed by atoms with E-state index in [1.807, 2.05) is 0 Å². The van der Waals surface area contributed by atoms with Crippen molar-refractivity contribution in [1.29, 1.82) is 0 Å². The molecule has 6 nitrogen and oxygen atoms in total. The summed E-state index contributed by atoms with van der Waals surface area (Å²) in [5, 5.41) is 1.69. The molecule has 134 valence electrons. The first kappa shape index (κ1) is 18.7. The first-order valence-corrected chi connectivity index (χ1v) is 8.77. The summed E-state index contributed by atoms with van der Waals surface area (Å²) in [6, 6.07) is 4.53. The van der Waals surface area contributed by atoms with E-state index in [9.17, 15) is 26.4 Å². The van der Waals surface area contributed by atoms with Gasteiger partial charge in [0.2, 0.25) is 10.0 Å². The molecule has 2 rings (SSSR count). The molecule has 0 bridgehead atoms. The van der Waals surface area contributed by atoms with Crippen molar-refractivity contribution in [2.75, 3.05) is 13.1 Å². The van der Waals surface area contributed by atoms with Gasteiger partial charge in [-0.25, -0.2) is 13.1 Å². The van der Waals surface area contributed by atoms with Crippen molar-refractivity contribution < 1.29 is 26.4 Å². The van der Waals surface area contributed by atoms with Crippen LogP contribution in [0.15, 0.2) is 29.2 Å². The van der Waals surface area contributed by atoms with E-state index in [1.54, 1.807) is 5.32 Å². The number of carbonyl (C=O) groups is 1. The largest absolute Gasteiger partial charge is 0.405 e. The second kappa shape index (κ2) is 7.08. The van der Waals surface area contributed by atoms with Gasteiger partial charge in [-0.1, -0.05) is 6.07 Å². The maximum atomic E-state index is 12.2. The van der Waals surface area contributed by atoms with E-state index in [2.05, 4.69) is 4.72 Å². The van der Waals surface area contributed by atoms with Crippen molar-refractivity contribution in [3.63, 3.8) is 0 Å². The van der Waals surface area contributed by atoms with Gasteiger partial charge in [0.25, 0.3) is 5.91 Å². The fraction of sp³-hybridized carbons (Fsp3) is 0.500. The molecule has 0 saturated heterocycles. The monoisotopic (exact) mass is 365 g/mol. The normalized spacial score (nSPS) is 16.7. The second-order valence-corrected chi connectivity index (χ2v) is 7.45. The van der Waals surface area contributed by atoms with Crippen LogP contribution in [0.25, 0.3) is 0 Å². The Morgan fingerprint density at radius 3 is 2.58 bits per heavy atom. The fourth-order valence-corrected chi connectivity index (χ4v) is 3.19. The summed E-state index contributed by atoms with van der Waals surface area (Å²) in [5.41, 5.74) is 5.65. The molecule has 1 amide bonds. The standard InChI is InChI=1S/C14H18F3N3O3S/c15-14(16,17)8-19-13(21)10-2-1-3-11(6-10)24(22,23)20-7-12(18)9-4-5-9/h1-3,6,9,12,20H,4-5,7-8,18H2,(H,19,21). The summed E-state index contributed by atoms with van der Waals surface area (Å²) in [4.78, 5) is 11.5. The van der Waals surface area contributed by atoms with Gasteiger partial charge >= 0.3 is 6.18 Å². The van der Waals surface area contributed by atoms with Crippen LogP contribution in [-0.2, 0) is 10.0 Å². The number of nitrogens with two attached hydrogens (primary N) is 1. The molecule has 1 aromatic carbocycles. The summed E-state index contributed by atoms with van der Waals surface area (Å²) in [7, 11) is -3.89. The maximum absolute atomic E-state index is 12.2. The highest BCUT2D eigenvalue weighted by Crippen LogP contribution is 2.31. The van der Waals surface area contributed by atoms with Gasteiger partial charge in [0, 0.05) is 18.2 Å². The Labute approximate surface area is 137 Å². The highest BCUT2D eigenvalue weighted by molar-refractivity contribution is 7.89. The topological polar surface area (TPSA) is 101 Å². The average molecular weight is 365 g/mol. The molecule has 0 aromatic heterocycles. The SMILES string of the molecule is NC(CNS(=O)(=O)c1cccc(C(=O)NCC(F)(F)F)c1)C1CC1. The first-order valence-electron chi connectivity index (χ1n) is 7.29. The van der Waals surface area contributed by atoms with Crippen LogP contribution >= 0.6 is 0 Å². The third kappa shape index (κ3) is 5.46. The number of sulfonamides is 1. The van der Waals surface area contributed by atoms with Crippen LogP contribution in [0.1, 0.15) is 23.2 Å². The molecular weight excluding hydrogens is 347 g/mol. The number of alkyl halides is 3. The third-order valence-electron chi connectivity index (χ3n) is 3.59. The number of nitrogens with one attached hydrogen (secondary N) is 2. The van der Waals surface area contributed by atoms with Gasteiger partial charge in [-0.05, 0) is 37.0 Å². The van der Waals surface area contributed by atoms with E-state index in [0.717, 1.165) is 18.9 Å². The van der Waals surface area contributed by atoms with E-state index in [-0.39, 0.29) is 23.0 Å². The van der Waals surface area contributed by atoms with Crippen molar-refractivity contribution in [2.45, 2.75) is 30.0 Å². The average Bonchev–Trinajstić information content (AvgIpc) is 3.34. The minimum atomic E-state index is -4.54. The van der Waals surface area contributed by atoms with Gasteiger partial charge in [-0.3, -0.25) is 4.79 Å². The lowest BCUT2D eigenvalue weighted by Crippen LogP contribution is -2.38. The number of halogens is 3. The number of benzene rings is 1. The Kier molecular flexibility index (Phi) is 5.51. The van der Waals surface area contributed by atoms with Gasteiger partial charge < -0.3 is 11.1 Å². The van der Waals surface area contributed by atoms with E-state index < -0.39 is 28.7 Å². The van der Waals surface area contributed by atoms with Crippen molar-refractivity contribution in [1.82, 2.24) is 10.0 Å². The Balaban J connectivity index is 2.03. The van der Waals surface area contributed by atoms with Crippen molar-refractivity contribution >= 4 is 15.9 Å². The van der Waals surface area contributed by atoms with Gasteiger partial charge in [0.1, 0.15) is 6.54 Å². The van der Waals surface area contributed by atoms with E-state index in [1.165, 1.54) is 18.2 Å². The number of rotatable bonds is 7. The first-order chi connectivity index (χ1) is 11.1. The molecule has 1 saturated carbocycles. The molecule has 1 fully saturated rings. The zero-order valence-corrected chi connectivity index (χ0v) is 13.5. The van der Waals surface area contributed by atoms with Gasteiger partial charge in [-0.2, -0.15) is 13.2 Å². The summed E-state index contributed by atoms with van der Waals surface area (Å²) >= 11 is 0. The predicted octanol–water partition coefficient (Wildman–Crippen LogP) is 0.994. The van der Waals surface area contributed by atoms with E-state index in [4.69, 9.17) is 5.73 Å². The van der Waals surface area contributed by atoms with Crippen LogP contribution in [0.2, 0.25) is 0 Å². The number of hydrogen-bond donors (Lipinski definition) is 3. The summed E-state index contributed by atoms with van der Waals surface area (Å²) in [6.45, 7) is -1.42. The molecule has 0 spiro atoms. The van der Waals surface area contributed by atoms with Crippen LogP contribution in [-0.4, -0.2) is 39.6 Å². The Morgan fingerprint density at radius 2 is 2.00 bits per heavy atom. The molecule has 4 N–H and O–H groups in total. The molecule has 1 atom stereocenters. The summed E-state index contributed by atoms with van der Waals surface area (Å²) in [5.74, 6) is -0.689. The molecular formula is C14H18F3N3O3S. The lowest BCUT2D eigenvalue weighted by molar-refractivity contribution is -0.123. The molecule has 24 heavy (non-hydrogen) atoms. The van der Waals surface area contributed by atoms with Gasteiger partial charge in [0.05, 0.1) is 4.90 Å². The molecule has 1 aromatic rings. The minimum Gasteiger partial charge on any atom is -0.343 e. The van der Waals surface area contributed by atoms with E-state index >= 15 is 0 Å². The van der Waals surface area contributed by atoms with Crippen molar-refractivity contribution in [3.05, 3.63) is 29.8 Å². The Hall–Kier alpha value is -1.65. The Morgan fingerprint density at radius 1 is 1.33 bits per heavy atom. The lowest BCUT2D eigenvalue weighted by atomic mass is 10.2. The van der Waals surface area contributed by atoms with Gasteiger partial charge in [-0.15, -0.1) is 0 Å². The van der Waals surface area contributed by atoms with Crippen molar-refractivity contribution in [3.8, 4) is 0 Å². The molecule has 0 heterocycles. The second-order valence-electron chi connectivity index (χ2n) is 5.68. The molecule has 0 aliphatic heterocycles. The maximum Gasteiger partial charge on any atom is 0.405 e. The van der Waals surface area contributed by atoms with E-state index in [0.29, 0.717) is 5.92 Å². The summed E-state index contributed by atoms with van der Waals surface area (Å²) in [6.07, 6.45) is -2.60. The van der Waals surface area contributed by atoms with Crippen molar-refractivity contribution in [2.24, 2.45) is 11.7 Å². The smallest absolute Gasteiger partial charge is 0.343 e. The van der Waals surface area contributed by atoms with Crippen LogP contribution in [0, 0.1) is 5.92 Å². The highest BCUT2D eigenvalue weighted by Gasteiger charge is 2.30. The zero-order chi connectivity index (χ0) is 18.0. The predicted molar refractivity (Wildman–Crippen MR) is 80.7 cm³/mol. The number of hydrogen-bond acceptors (Lipinski definition) is 4. The van der Waals surface area contributed by atoms with Crippen LogP contribution in [0.3, 0.4) is 0 Å². The van der Waals surface area contributed by atoms with Crippen LogP contribution in [0.4, 0.5) is 13.2 Å². The number of amides is 1. The lowest BCUT2D eigenvalue weighted by Gasteiger charge is -2.13. The fourth-order valence-electron chi connectivity index (χ4n) is 2.07. The quantitative estimate of drug-likeness (QED) is 0.671. The zero-order valence-electron chi connectivity index (χ0n) is 12.6. The molecule has 1 aliphatic carbocycles. The Bertz CT molecular complexity index is 703. The van der Waals surface area contributed by atoms with Crippen LogP contribution < -0.4 is 15.8 Å². The van der Waals surface area contributed by atoms with Crippen LogP contribution in [0.5, 0.6) is 0 Å².